The first kappa shape index (κ1) is 35.5. The Balaban J connectivity index is 1.54. The van der Waals surface area contributed by atoms with Crippen LogP contribution in [-0.2, 0) is 21.1 Å². The highest BCUT2D eigenvalue weighted by atomic mass is 32.2. The Bertz CT molecular complexity index is 1750. The van der Waals surface area contributed by atoms with Crippen molar-refractivity contribution >= 4 is 32.7 Å². The smallest absolute Gasteiger partial charge is 0.276 e. The van der Waals surface area contributed by atoms with Gasteiger partial charge in [0.05, 0.1) is 23.2 Å². The number of hydrogen-bond donors (Lipinski definition) is 2. The molecule has 1 aliphatic heterocycles. The number of benzene rings is 1. The Hall–Kier alpha value is -3.77. The summed E-state index contributed by atoms with van der Waals surface area (Å²) in [4.78, 5) is 33.4. The molecule has 5 rings (SSSR count). The fourth-order valence-corrected chi connectivity index (χ4v) is 7.03. The predicted molar refractivity (Wildman–Crippen MR) is 155 cm³/mol. The molecule has 2 N–H and O–H groups in total. The van der Waals surface area contributed by atoms with Gasteiger partial charge in [0.2, 0.25) is 24.4 Å². The zero-order valence-electron chi connectivity index (χ0n) is 25.7. The number of carbonyl (C=O) groups excluding carboxylic acids is 2. The van der Waals surface area contributed by atoms with E-state index in [1.165, 1.54) is 13.0 Å². The average molecular weight is 711 g/mol. The van der Waals surface area contributed by atoms with Crippen LogP contribution in [0.2, 0.25) is 0 Å². The lowest BCUT2D eigenvalue weighted by Crippen LogP contribution is -2.43. The third kappa shape index (κ3) is 6.87. The number of rotatable bonds is 11. The zero-order chi connectivity index (χ0) is 35.1. The lowest BCUT2D eigenvalue weighted by atomic mass is 9.81. The molecule has 1 saturated heterocycles. The molecular weight excluding hydrogens is 677 g/mol. The molecule has 19 heteroatoms. The molecule has 2 aliphatic rings. The first-order valence-electron chi connectivity index (χ1n) is 15.4. The summed E-state index contributed by atoms with van der Waals surface area (Å²) in [5.74, 6) is -10.1. The third-order valence-electron chi connectivity index (χ3n) is 9.01. The van der Waals surface area contributed by atoms with Gasteiger partial charge in [-0.05, 0) is 42.8 Å². The maximum Gasteiger partial charge on any atom is 0.276 e. The number of nitrogens with one attached hydrogen (secondary N) is 2. The number of alkyl halides is 6. The van der Waals surface area contributed by atoms with E-state index < -0.39 is 112 Å². The van der Waals surface area contributed by atoms with Crippen LogP contribution in [0.1, 0.15) is 85.5 Å². The Kier molecular flexibility index (Phi) is 10.1. The van der Waals surface area contributed by atoms with Crippen LogP contribution in [0.25, 0.3) is 11.0 Å². The Morgan fingerprint density at radius 1 is 1.08 bits per heavy atom. The first-order valence-corrected chi connectivity index (χ1v) is 17.2. The van der Waals surface area contributed by atoms with E-state index in [0.717, 1.165) is 6.07 Å². The van der Waals surface area contributed by atoms with Crippen LogP contribution >= 0.6 is 0 Å². The molecule has 1 aliphatic carbocycles. The molecule has 2 amide bonds. The summed E-state index contributed by atoms with van der Waals surface area (Å²) in [7, 11) is -3.81. The molecule has 11 nitrogen and oxygen atoms in total. The minimum atomic E-state index is -3.81. The van der Waals surface area contributed by atoms with E-state index in [2.05, 4.69) is 30.2 Å². The van der Waals surface area contributed by atoms with Crippen molar-refractivity contribution in [2.24, 2.45) is 5.92 Å². The van der Waals surface area contributed by atoms with Crippen molar-refractivity contribution in [3.63, 3.8) is 0 Å². The second-order valence-electron chi connectivity index (χ2n) is 12.0. The Morgan fingerprint density at radius 3 is 2.33 bits per heavy atom. The van der Waals surface area contributed by atoms with Crippen LogP contribution < -0.4 is 5.32 Å². The summed E-state index contributed by atoms with van der Waals surface area (Å²) in [5, 5.41) is 9.97. The summed E-state index contributed by atoms with van der Waals surface area (Å²) in [6.45, 7) is 3.01. The van der Waals surface area contributed by atoms with Crippen molar-refractivity contribution in [2.45, 2.75) is 95.2 Å². The van der Waals surface area contributed by atoms with Gasteiger partial charge in [-0.1, -0.05) is 25.1 Å². The number of nitrogens with zero attached hydrogens (tertiary/aromatic N) is 4. The van der Waals surface area contributed by atoms with Crippen LogP contribution in [0.3, 0.4) is 0 Å². The van der Waals surface area contributed by atoms with Crippen molar-refractivity contribution in [1.29, 1.82) is 0 Å². The van der Waals surface area contributed by atoms with E-state index in [4.69, 9.17) is 0 Å². The molecule has 264 valence electrons. The molecule has 3 heterocycles. The van der Waals surface area contributed by atoms with E-state index in [1.807, 2.05) is 0 Å². The van der Waals surface area contributed by atoms with Crippen molar-refractivity contribution < 1.29 is 53.4 Å². The number of halogens is 7. The third-order valence-corrected chi connectivity index (χ3v) is 10.7. The summed E-state index contributed by atoms with van der Waals surface area (Å²) in [6.07, 6.45) is -13.6. The molecule has 48 heavy (non-hydrogen) atoms. The normalized spacial score (nSPS) is 24.6. The number of aryl methyl sites for hydroxylation is 1. The van der Waals surface area contributed by atoms with Crippen molar-refractivity contribution in [2.75, 3.05) is 11.5 Å². The maximum absolute atomic E-state index is 16.3. The Morgan fingerprint density at radius 2 is 1.73 bits per heavy atom. The highest BCUT2D eigenvalue weighted by molar-refractivity contribution is 7.91. The number of H-pyrrole nitrogens is 1. The molecule has 3 aromatic rings. The topological polar surface area (TPSA) is 151 Å². The van der Waals surface area contributed by atoms with Gasteiger partial charge in [0, 0.05) is 24.2 Å². The number of fused-ring (bicyclic) bond motifs is 1. The number of aromatic amines is 1. The number of hydrogen-bond acceptors (Lipinski definition) is 8. The summed E-state index contributed by atoms with van der Waals surface area (Å²) < 4.78 is 131. The number of imidazole rings is 1. The van der Waals surface area contributed by atoms with Crippen LogP contribution in [0.15, 0.2) is 16.8 Å². The first-order chi connectivity index (χ1) is 22.6. The highest BCUT2D eigenvalue weighted by Crippen LogP contribution is 2.42. The molecule has 5 unspecified atom stereocenters. The van der Waals surface area contributed by atoms with E-state index in [-0.39, 0.29) is 52.6 Å². The lowest BCUT2D eigenvalue weighted by molar-refractivity contribution is -0.144. The average Bonchev–Trinajstić information content (AvgIpc) is 3.76. The largest absolute Gasteiger partial charge is 0.340 e. The van der Waals surface area contributed by atoms with Crippen LogP contribution in [-0.4, -0.2) is 87.8 Å². The maximum atomic E-state index is 16.3. The lowest BCUT2D eigenvalue weighted by Gasteiger charge is -2.33. The van der Waals surface area contributed by atoms with Gasteiger partial charge in [0.15, 0.2) is 23.9 Å². The SMILES string of the molecule is CCc1nonc1C(=O)N[C@H](c1nc2c(F)c(C(CCS(=O)(=O)CC)C(=O)N3C(F)C(F)C(F)C3F)ccc2[nH]1)C1CCC(F)(F)CC1. The minimum Gasteiger partial charge on any atom is -0.340 e. The van der Waals surface area contributed by atoms with Gasteiger partial charge in [-0.3, -0.25) is 14.5 Å². The zero-order valence-corrected chi connectivity index (χ0v) is 26.6. The highest BCUT2D eigenvalue weighted by Gasteiger charge is 2.55. The van der Waals surface area contributed by atoms with Crippen molar-refractivity contribution in [1.82, 2.24) is 30.5 Å². The van der Waals surface area contributed by atoms with Gasteiger partial charge < -0.3 is 10.3 Å². The van der Waals surface area contributed by atoms with E-state index in [0.29, 0.717) is 0 Å². The quantitative estimate of drug-likeness (QED) is 0.209. The van der Waals surface area contributed by atoms with Crippen LogP contribution in [0.5, 0.6) is 0 Å². The number of aromatic nitrogens is 4. The van der Waals surface area contributed by atoms with E-state index >= 15 is 4.39 Å². The van der Waals surface area contributed by atoms with Gasteiger partial charge in [-0.25, -0.2) is 48.8 Å². The standard InChI is InChI=1S/C29H33F7N6O5S/c1-3-16-23(41-47-40-16)27(43)39-21(13-7-10-29(35,36)11-8-13)26-37-17-6-5-14(18(30)22(17)38-26)15(9-12-48(45,46)4-2)28(44)42-24(33)19(31)20(32)25(42)34/h5-6,13,15,19-21,24-25H,3-4,7-12H2,1-2H3,(H,37,38)(H,39,43)/t15?,19?,20?,21-,24?,25?/m0/s1. The molecular formula is C29H33F7N6O5S. The van der Waals surface area contributed by atoms with Gasteiger partial charge in [-0.15, -0.1) is 0 Å². The molecule has 1 saturated carbocycles. The monoisotopic (exact) mass is 710 g/mol. The molecule has 1 aromatic carbocycles. The molecule has 0 spiro atoms. The number of sulfone groups is 1. The van der Waals surface area contributed by atoms with Gasteiger partial charge in [0.25, 0.3) is 5.91 Å². The number of carbonyl (C=O) groups is 2. The fourth-order valence-electron chi connectivity index (χ4n) is 6.14. The number of amides is 2. The van der Waals surface area contributed by atoms with Gasteiger partial charge in [0.1, 0.15) is 26.9 Å². The summed E-state index contributed by atoms with van der Waals surface area (Å²) >= 11 is 0. The van der Waals surface area contributed by atoms with Crippen LogP contribution in [0.4, 0.5) is 30.7 Å². The molecule has 2 aromatic heterocycles. The molecule has 0 bridgehead atoms. The van der Waals surface area contributed by atoms with Crippen molar-refractivity contribution in [3.05, 3.63) is 40.7 Å². The number of likely N-dealkylation sites (tertiary alicyclic amines) is 1. The van der Waals surface area contributed by atoms with Crippen LogP contribution in [0, 0.1) is 11.7 Å². The van der Waals surface area contributed by atoms with Crippen molar-refractivity contribution in [3.8, 4) is 0 Å². The summed E-state index contributed by atoms with van der Waals surface area (Å²) in [6, 6.07) is 1.20. The van der Waals surface area contributed by atoms with E-state index in [1.54, 1.807) is 6.92 Å². The summed E-state index contributed by atoms with van der Waals surface area (Å²) in [5.41, 5.74) is -0.894. The second kappa shape index (κ2) is 13.6. The molecule has 6 atom stereocenters. The molecule has 2 fully saturated rings. The van der Waals surface area contributed by atoms with E-state index in [9.17, 15) is 44.3 Å². The minimum absolute atomic E-state index is 0.0110. The van der Waals surface area contributed by atoms with Gasteiger partial charge >= 0.3 is 0 Å². The molecule has 0 radical (unpaired) electrons. The fraction of sp³-hybridized carbons (Fsp3) is 0.621. The predicted octanol–water partition coefficient (Wildman–Crippen LogP) is 4.96. The second-order valence-corrected chi connectivity index (χ2v) is 14.5. The van der Waals surface area contributed by atoms with Gasteiger partial charge in [-0.2, -0.15) is 0 Å². The Labute approximate surface area is 269 Å².